The van der Waals surface area contributed by atoms with Gasteiger partial charge in [-0.2, -0.15) is 0 Å². The second-order valence-electron chi connectivity index (χ2n) is 6.69. The molecule has 2 aromatic rings. The molecule has 2 heterocycles. The third-order valence-electron chi connectivity index (χ3n) is 4.95. The summed E-state index contributed by atoms with van der Waals surface area (Å²) in [6.07, 6.45) is 0.942. The van der Waals surface area contributed by atoms with Gasteiger partial charge in [0.2, 0.25) is 0 Å². The molecular weight excluding hydrogens is 328 g/mol. The van der Waals surface area contributed by atoms with Crippen LogP contribution in [0.2, 0.25) is 0 Å². The van der Waals surface area contributed by atoms with E-state index < -0.39 is 0 Å². The number of aryl methyl sites for hydroxylation is 3. The van der Waals surface area contributed by atoms with E-state index in [-0.39, 0.29) is 6.10 Å². The van der Waals surface area contributed by atoms with Crippen LogP contribution in [0.15, 0.2) is 33.8 Å². The van der Waals surface area contributed by atoms with Gasteiger partial charge in [0.15, 0.2) is 5.96 Å². The lowest BCUT2D eigenvalue weighted by atomic mass is 10.0. The number of ether oxygens (including phenoxy) is 1. The van der Waals surface area contributed by atoms with E-state index in [1.807, 2.05) is 20.9 Å². The van der Waals surface area contributed by atoms with Gasteiger partial charge in [0.25, 0.3) is 0 Å². The molecule has 3 rings (SSSR count). The summed E-state index contributed by atoms with van der Waals surface area (Å²) >= 11 is 0. The summed E-state index contributed by atoms with van der Waals surface area (Å²) in [5.74, 6) is 1.81. The van der Waals surface area contributed by atoms with E-state index in [2.05, 4.69) is 51.6 Å². The second-order valence-corrected chi connectivity index (χ2v) is 6.69. The van der Waals surface area contributed by atoms with Gasteiger partial charge >= 0.3 is 0 Å². The lowest BCUT2D eigenvalue weighted by Gasteiger charge is -2.35. The maximum Gasteiger partial charge on any atom is 0.193 e. The number of guanidine groups is 1. The molecule has 1 saturated heterocycles. The second kappa shape index (κ2) is 8.36. The maximum atomic E-state index is 6.02. The maximum absolute atomic E-state index is 6.02. The summed E-state index contributed by atoms with van der Waals surface area (Å²) in [6, 6.07) is 8.42. The number of morpholine rings is 1. The Hall–Kier alpha value is -2.34. The SMILES string of the molecule is CN=C(NCCc1c(C)noc1C)N1CCOC(c2ccccc2C)C1. The highest BCUT2D eigenvalue weighted by molar-refractivity contribution is 5.80. The predicted octanol–water partition coefficient (Wildman–Crippen LogP) is 2.79. The van der Waals surface area contributed by atoms with Crippen molar-refractivity contribution in [1.29, 1.82) is 0 Å². The fourth-order valence-corrected chi connectivity index (χ4v) is 3.47. The molecule has 1 atom stereocenters. The zero-order chi connectivity index (χ0) is 18.5. The number of aromatic nitrogens is 1. The summed E-state index contributed by atoms with van der Waals surface area (Å²) in [5.41, 5.74) is 4.65. The van der Waals surface area contributed by atoms with Crippen molar-refractivity contribution in [1.82, 2.24) is 15.4 Å². The minimum Gasteiger partial charge on any atom is -0.370 e. The van der Waals surface area contributed by atoms with Crippen molar-refractivity contribution >= 4 is 5.96 Å². The Kier molecular flexibility index (Phi) is 5.93. The first-order chi connectivity index (χ1) is 12.6. The van der Waals surface area contributed by atoms with Gasteiger partial charge in [-0.1, -0.05) is 29.4 Å². The van der Waals surface area contributed by atoms with E-state index in [1.54, 1.807) is 0 Å². The summed E-state index contributed by atoms with van der Waals surface area (Å²) in [5, 5.41) is 7.49. The quantitative estimate of drug-likeness (QED) is 0.674. The molecule has 1 aliphatic rings. The Morgan fingerprint density at radius 2 is 2.12 bits per heavy atom. The van der Waals surface area contributed by atoms with Crippen LogP contribution in [0.3, 0.4) is 0 Å². The van der Waals surface area contributed by atoms with Crippen molar-refractivity contribution in [2.24, 2.45) is 4.99 Å². The molecule has 0 spiro atoms. The highest BCUT2D eigenvalue weighted by Crippen LogP contribution is 2.25. The lowest BCUT2D eigenvalue weighted by molar-refractivity contribution is -0.00829. The van der Waals surface area contributed by atoms with Gasteiger partial charge in [0, 0.05) is 25.7 Å². The molecule has 1 aromatic carbocycles. The molecule has 0 bridgehead atoms. The molecule has 1 unspecified atom stereocenters. The Bertz CT molecular complexity index is 749. The third-order valence-corrected chi connectivity index (χ3v) is 4.95. The summed E-state index contributed by atoms with van der Waals surface area (Å²) in [4.78, 5) is 6.73. The lowest BCUT2D eigenvalue weighted by Crippen LogP contribution is -2.48. The minimum atomic E-state index is 0.0751. The molecule has 0 saturated carbocycles. The Morgan fingerprint density at radius 1 is 1.31 bits per heavy atom. The van der Waals surface area contributed by atoms with Crippen LogP contribution in [0.1, 0.15) is 34.2 Å². The van der Waals surface area contributed by atoms with Gasteiger partial charge < -0.3 is 19.5 Å². The molecule has 6 nitrogen and oxygen atoms in total. The molecule has 0 aliphatic carbocycles. The Morgan fingerprint density at radius 3 is 2.81 bits per heavy atom. The molecule has 140 valence electrons. The zero-order valence-electron chi connectivity index (χ0n) is 16.1. The van der Waals surface area contributed by atoms with Gasteiger partial charge in [0.1, 0.15) is 11.9 Å². The van der Waals surface area contributed by atoms with Crippen LogP contribution in [0.5, 0.6) is 0 Å². The summed E-state index contributed by atoms with van der Waals surface area (Å²) in [6.45, 7) is 9.21. The largest absolute Gasteiger partial charge is 0.370 e. The number of nitrogens with one attached hydrogen (secondary N) is 1. The average molecular weight is 356 g/mol. The first-order valence-corrected chi connectivity index (χ1v) is 9.14. The van der Waals surface area contributed by atoms with Gasteiger partial charge in [-0.05, 0) is 38.3 Å². The number of nitrogens with zero attached hydrogens (tertiary/aromatic N) is 3. The summed E-state index contributed by atoms with van der Waals surface area (Å²) < 4.78 is 11.3. The van der Waals surface area contributed by atoms with Gasteiger partial charge in [-0.25, -0.2) is 0 Å². The third kappa shape index (κ3) is 4.07. The average Bonchev–Trinajstić information content (AvgIpc) is 2.97. The molecule has 0 amide bonds. The Balaban J connectivity index is 1.60. The van der Waals surface area contributed by atoms with E-state index in [0.717, 1.165) is 43.5 Å². The molecule has 6 heteroatoms. The fraction of sp³-hybridized carbons (Fsp3) is 0.500. The van der Waals surface area contributed by atoms with Crippen LogP contribution in [-0.2, 0) is 11.2 Å². The number of aliphatic imine (C=N–C) groups is 1. The number of hydrogen-bond acceptors (Lipinski definition) is 4. The van der Waals surface area contributed by atoms with Crippen LogP contribution >= 0.6 is 0 Å². The number of benzene rings is 1. The van der Waals surface area contributed by atoms with E-state index in [4.69, 9.17) is 9.26 Å². The smallest absolute Gasteiger partial charge is 0.193 e. The van der Waals surface area contributed by atoms with Crippen LogP contribution in [0.25, 0.3) is 0 Å². The number of rotatable bonds is 4. The first-order valence-electron chi connectivity index (χ1n) is 9.14. The van der Waals surface area contributed by atoms with Crippen molar-refractivity contribution in [2.75, 3.05) is 33.3 Å². The standard InChI is InChI=1S/C20H28N4O2/c1-14-7-5-6-8-17(14)19-13-24(11-12-25-19)20(21-4)22-10-9-18-15(2)23-26-16(18)3/h5-8,19H,9-13H2,1-4H3,(H,21,22). The first kappa shape index (κ1) is 18.5. The van der Waals surface area contributed by atoms with Crippen LogP contribution in [0.4, 0.5) is 0 Å². The van der Waals surface area contributed by atoms with E-state index >= 15 is 0 Å². The highest BCUT2D eigenvalue weighted by atomic mass is 16.5. The van der Waals surface area contributed by atoms with Gasteiger partial charge in [-0.3, -0.25) is 4.99 Å². The monoisotopic (exact) mass is 356 g/mol. The van der Waals surface area contributed by atoms with Crippen LogP contribution < -0.4 is 5.32 Å². The number of hydrogen-bond donors (Lipinski definition) is 1. The normalized spacial score (nSPS) is 18.2. The van der Waals surface area contributed by atoms with Gasteiger partial charge in [0.05, 0.1) is 18.8 Å². The van der Waals surface area contributed by atoms with Crippen molar-refractivity contribution in [3.8, 4) is 0 Å². The molecule has 26 heavy (non-hydrogen) atoms. The topological polar surface area (TPSA) is 62.9 Å². The van der Waals surface area contributed by atoms with E-state index in [0.29, 0.717) is 6.61 Å². The minimum absolute atomic E-state index is 0.0751. The van der Waals surface area contributed by atoms with Crippen LogP contribution in [0, 0.1) is 20.8 Å². The zero-order valence-corrected chi connectivity index (χ0v) is 16.1. The molecular formula is C20H28N4O2. The molecule has 1 fully saturated rings. The van der Waals surface area contributed by atoms with Crippen molar-refractivity contribution < 1.29 is 9.26 Å². The molecule has 1 aliphatic heterocycles. The predicted molar refractivity (Wildman–Crippen MR) is 102 cm³/mol. The molecule has 0 radical (unpaired) electrons. The Labute approximate surface area is 155 Å². The van der Waals surface area contributed by atoms with Crippen molar-refractivity contribution in [3.05, 3.63) is 52.4 Å². The van der Waals surface area contributed by atoms with E-state index in [9.17, 15) is 0 Å². The van der Waals surface area contributed by atoms with Crippen LogP contribution in [-0.4, -0.2) is 49.3 Å². The van der Waals surface area contributed by atoms with Crippen molar-refractivity contribution in [3.63, 3.8) is 0 Å². The van der Waals surface area contributed by atoms with Gasteiger partial charge in [-0.15, -0.1) is 0 Å². The highest BCUT2D eigenvalue weighted by Gasteiger charge is 2.25. The summed E-state index contributed by atoms with van der Waals surface area (Å²) in [7, 11) is 1.83. The fourth-order valence-electron chi connectivity index (χ4n) is 3.47. The molecule has 1 N–H and O–H groups in total. The molecule has 1 aromatic heterocycles. The van der Waals surface area contributed by atoms with E-state index in [1.165, 1.54) is 16.7 Å². The van der Waals surface area contributed by atoms with Crippen molar-refractivity contribution in [2.45, 2.75) is 33.3 Å².